The summed E-state index contributed by atoms with van der Waals surface area (Å²) in [4.78, 5) is 25.6. The molecule has 1 heterocycles. The van der Waals surface area contributed by atoms with Crippen LogP contribution < -0.4 is 15.1 Å². The fourth-order valence-corrected chi connectivity index (χ4v) is 5.17. The van der Waals surface area contributed by atoms with Crippen molar-refractivity contribution in [3.8, 4) is 5.75 Å². The van der Waals surface area contributed by atoms with Crippen molar-refractivity contribution in [2.75, 3.05) is 0 Å². The average Bonchev–Trinajstić information content (AvgIpc) is 2.80. The third kappa shape index (κ3) is 6.38. The van der Waals surface area contributed by atoms with Crippen molar-refractivity contribution in [1.82, 2.24) is 4.72 Å². The number of hydrogen-bond donors (Lipinski definition) is 1. The van der Waals surface area contributed by atoms with Crippen molar-refractivity contribution in [1.29, 1.82) is 0 Å². The largest absolute Gasteiger partial charge is 0.425 e. The topological polar surface area (TPSA) is 103 Å². The first-order valence-corrected chi connectivity index (χ1v) is 13.4. The second kappa shape index (κ2) is 11.2. The van der Waals surface area contributed by atoms with Crippen molar-refractivity contribution < 1.29 is 22.4 Å². The van der Waals surface area contributed by atoms with E-state index in [1.807, 2.05) is 20.8 Å². The number of esters is 1. The molecule has 1 N–H and O–H groups in total. The molecule has 0 saturated carbocycles. The van der Waals surface area contributed by atoms with Crippen LogP contribution in [0.2, 0.25) is 0 Å². The molecule has 8 heteroatoms. The fourth-order valence-electron chi connectivity index (χ4n) is 3.87. The number of aryl methyl sites for hydroxylation is 3. The van der Waals surface area contributed by atoms with Crippen LogP contribution in [0.25, 0.3) is 11.0 Å². The first kappa shape index (κ1) is 26.6. The summed E-state index contributed by atoms with van der Waals surface area (Å²) >= 11 is 0. The van der Waals surface area contributed by atoms with Crippen LogP contribution in [0, 0.1) is 19.8 Å². The zero-order valence-electron chi connectivity index (χ0n) is 20.9. The molecule has 0 unspecified atom stereocenters. The second-order valence-corrected chi connectivity index (χ2v) is 10.8. The van der Waals surface area contributed by atoms with Gasteiger partial charge in [-0.2, -0.15) is 4.72 Å². The Morgan fingerprint density at radius 1 is 1.06 bits per heavy atom. The molecular weight excluding hydrogens is 466 g/mol. The predicted molar refractivity (Wildman–Crippen MR) is 136 cm³/mol. The van der Waals surface area contributed by atoms with E-state index in [4.69, 9.17) is 9.15 Å². The van der Waals surface area contributed by atoms with Crippen LogP contribution in [-0.2, 0) is 21.2 Å². The van der Waals surface area contributed by atoms with E-state index in [0.717, 1.165) is 29.5 Å². The zero-order valence-corrected chi connectivity index (χ0v) is 21.7. The van der Waals surface area contributed by atoms with E-state index < -0.39 is 27.7 Å². The summed E-state index contributed by atoms with van der Waals surface area (Å²) in [5.41, 5.74) is 2.29. The molecule has 188 valence electrons. The summed E-state index contributed by atoms with van der Waals surface area (Å²) in [6.45, 7) is 9.40. The van der Waals surface area contributed by atoms with Crippen LogP contribution in [0.3, 0.4) is 0 Å². The van der Waals surface area contributed by atoms with E-state index in [1.54, 1.807) is 31.2 Å². The molecule has 0 aliphatic carbocycles. The Labute approximate surface area is 206 Å². The monoisotopic (exact) mass is 499 g/mol. The maximum atomic E-state index is 13.4. The molecule has 0 aliphatic rings. The third-order valence-corrected chi connectivity index (χ3v) is 7.58. The molecule has 2 aromatic carbocycles. The van der Waals surface area contributed by atoms with Crippen molar-refractivity contribution in [2.24, 2.45) is 5.92 Å². The minimum Gasteiger partial charge on any atom is -0.425 e. The fraction of sp³-hybridized carbons (Fsp3) is 0.407. The first-order chi connectivity index (χ1) is 16.6. The van der Waals surface area contributed by atoms with Gasteiger partial charge in [-0.05, 0) is 68.0 Å². The van der Waals surface area contributed by atoms with Crippen LogP contribution in [0.1, 0.15) is 56.7 Å². The highest BCUT2D eigenvalue weighted by atomic mass is 32.2. The van der Waals surface area contributed by atoms with E-state index >= 15 is 0 Å². The van der Waals surface area contributed by atoms with Crippen LogP contribution in [-0.4, -0.2) is 20.4 Å². The van der Waals surface area contributed by atoms with Gasteiger partial charge in [0.25, 0.3) is 0 Å². The third-order valence-electron chi connectivity index (χ3n) is 6.12. The molecule has 0 spiro atoms. The zero-order chi connectivity index (χ0) is 25.8. The molecular formula is C27H33NO6S. The van der Waals surface area contributed by atoms with Crippen molar-refractivity contribution in [3.05, 3.63) is 69.6 Å². The summed E-state index contributed by atoms with van der Waals surface area (Å²) in [6.07, 6.45) is 2.97. The molecule has 0 amide bonds. The number of hydrogen-bond acceptors (Lipinski definition) is 6. The summed E-state index contributed by atoms with van der Waals surface area (Å²) in [6, 6.07) is 10.2. The molecule has 0 fully saturated rings. The highest BCUT2D eigenvalue weighted by molar-refractivity contribution is 7.89. The summed E-state index contributed by atoms with van der Waals surface area (Å²) < 4.78 is 39.9. The highest BCUT2D eigenvalue weighted by Gasteiger charge is 2.32. The molecule has 0 saturated heterocycles. The van der Waals surface area contributed by atoms with Gasteiger partial charge in [-0.15, -0.1) is 0 Å². The van der Waals surface area contributed by atoms with E-state index in [0.29, 0.717) is 23.8 Å². The van der Waals surface area contributed by atoms with Gasteiger partial charge in [0.2, 0.25) is 10.0 Å². The van der Waals surface area contributed by atoms with Gasteiger partial charge in [-0.3, -0.25) is 0 Å². The number of nitrogens with one attached hydrogen (secondary N) is 1. The van der Waals surface area contributed by atoms with E-state index in [-0.39, 0.29) is 16.6 Å². The van der Waals surface area contributed by atoms with Crippen molar-refractivity contribution >= 4 is 27.0 Å². The normalized spacial score (nSPS) is 13.5. The summed E-state index contributed by atoms with van der Waals surface area (Å²) in [7, 11) is -3.96. The Morgan fingerprint density at radius 2 is 1.74 bits per heavy atom. The minimum absolute atomic E-state index is 0.0776. The maximum absolute atomic E-state index is 13.4. The number of carbonyl (C=O) groups excluding carboxylic acids is 1. The van der Waals surface area contributed by atoms with E-state index in [9.17, 15) is 18.0 Å². The van der Waals surface area contributed by atoms with E-state index in [1.165, 1.54) is 18.2 Å². The molecule has 35 heavy (non-hydrogen) atoms. The Balaban J connectivity index is 2.00. The lowest BCUT2D eigenvalue weighted by atomic mass is 10.00. The molecule has 0 bridgehead atoms. The van der Waals surface area contributed by atoms with Gasteiger partial charge in [0.1, 0.15) is 17.4 Å². The number of ether oxygens (including phenoxy) is 1. The molecule has 0 aliphatic heterocycles. The van der Waals surface area contributed by atoms with Crippen LogP contribution in [0.4, 0.5) is 0 Å². The van der Waals surface area contributed by atoms with E-state index in [2.05, 4.69) is 11.6 Å². The van der Waals surface area contributed by atoms with Gasteiger partial charge in [0, 0.05) is 6.07 Å². The lowest BCUT2D eigenvalue weighted by Crippen LogP contribution is -2.47. The first-order valence-electron chi connectivity index (χ1n) is 11.9. The van der Waals surface area contributed by atoms with Gasteiger partial charge < -0.3 is 9.15 Å². The highest BCUT2D eigenvalue weighted by Crippen LogP contribution is 2.31. The number of fused-ring (bicyclic) bond motifs is 1. The minimum atomic E-state index is -3.96. The smallest absolute Gasteiger partial charge is 0.336 e. The van der Waals surface area contributed by atoms with Crippen molar-refractivity contribution in [3.63, 3.8) is 0 Å². The number of unbranched alkanes of at least 4 members (excludes halogenated alkanes) is 1. The molecule has 0 radical (unpaired) electrons. The molecule has 3 aromatic rings. The van der Waals surface area contributed by atoms with Gasteiger partial charge in [0.15, 0.2) is 0 Å². The number of rotatable bonds is 10. The summed E-state index contributed by atoms with van der Waals surface area (Å²) in [5.74, 6) is -0.784. The average molecular weight is 500 g/mol. The SMILES string of the molecule is CCCCc1cc(=O)oc2cc(C)cc(OC(=O)[C@H](NS(=O)(=O)c3ccc(C)cc3)[C@H](C)CC)c12. The molecule has 3 rings (SSSR count). The predicted octanol–water partition coefficient (Wildman–Crippen LogP) is 5.05. The number of carbonyl (C=O) groups is 1. The lowest BCUT2D eigenvalue weighted by Gasteiger charge is -2.23. The van der Waals surface area contributed by atoms with Crippen LogP contribution in [0.15, 0.2) is 56.6 Å². The van der Waals surface area contributed by atoms with Gasteiger partial charge in [0.05, 0.1) is 10.3 Å². The van der Waals surface area contributed by atoms with Crippen LogP contribution in [0.5, 0.6) is 5.75 Å². The Kier molecular flexibility index (Phi) is 8.51. The van der Waals surface area contributed by atoms with Crippen molar-refractivity contribution in [2.45, 2.75) is 71.2 Å². The quantitative estimate of drug-likeness (QED) is 0.238. The Morgan fingerprint density at radius 3 is 2.37 bits per heavy atom. The Bertz CT molecular complexity index is 1360. The summed E-state index contributed by atoms with van der Waals surface area (Å²) in [5, 5.41) is 0.557. The molecule has 1 aromatic heterocycles. The van der Waals surface area contributed by atoms with Gasteiger partial charge >= 0.3 is 11.6 Å². The van der Waals surface area contributed by atoms with Gasteiger partial charge in [-0.25, -0.2) is 18.0 Å². The number of benzene rings is 2. The number of sulfonamides is 1. The standard InChI is InChI=1S/C27H33NO6S/c1-6-8-9-20-16-24(29)33-22-14-18(4)15-23(25(20)22)34-27(30)26(19(5)7-2)28-35(31,32)21-12-10-17(3)11-13-21/h10-16,19,26,28H,6-9H2,1-5H3/t19-,26-/m1/s1. The van der Waals surface area contributed by atoms with Crippen LogP contribution >= 0.6 is 0 Å². The molecule has 7 nitrogen and oxygen atoms in total. The van der Waals surface area contributed by atoms with Gasteiger partial charge in [-0.1, -0.05) is 51.3 Å². The maximum Gasteiger partial charge on any atom is 0.336 e. The molecule has 2 atom stereocenters. The Hall–Kier alpha value is -2.97. The lowest BCUT2D eigenvalue weighted by molar-refractivity contribution is -0.137. The second-order valence-electron chi connectivity index (χ2n) is 9.05.